The highest BCUT2D eigenvalue weighted by molar-refractivity contribution is 5.41. The van der Waals surface area contributed by atoms with Crippen LogP contribution in [0.3, 0.4) is 0 Å². The summed E-state index contributed by atoms with van der Waals surface area (Å²) in [5.41, 5.74) is 6.46. The number of furan rings is 2. The highest BCUT2D eigenvalue weighted by atomic mass is 16.3. The van der Waals surface area contributed by atoms with E-state index in [-0.39, 0.29) is 0 Å². The molecule has 4 aliphatic rings. The van der Waals surface area contributed by atoms with Crippen molar-refractivity contribution in [3.05, 3.63) is 45.3 Å². The molecule has 2 unspecified atom stereocenters. The third-order valence-electron chi connectivity index (χ3n) is 7.89. The monoisotopic (exact) mass is 364 g/mol. The number of hydrogen-bond acceptors (Lipinski definition) is 2. The maximum atomic E-state index is 6.52. The zero-order valence-electron chi connectivity index (χ0n) is 16.6. The van der Waals surface area contributed by atoms with Gasteiger partial charge in [0.15, 0.2) is 0 Å². The summed E-state index contributed by atoms with van der Waals surface area (Å²) in [7, 11) is 0. The standard InChI is InChI=1S/C25H32O2/c1-3-13-22-18(9-1)20-11-5-7-16(24(20)26-22)15-17-8-6-12-21-19-10-2-4-14-23(19)27-25(17)21/h16-17H,1-15H2. The molecule has 2 heterocycles. The first-order chi connectivity index (χ1) is 13.4. The average Bonchev–Trinajstić information content (AvgIpc) is 3.28. The Hall–Kier alpha value is -1.44. The lowest BCUT2D eigenvalue weighted by Gasteiger charge is -2.28. The summed E-state index contributed by atoms with van der Waals surface area (Å²) in [5, 5.41) is 0. The molecule has 0 fully saturated rings. The van der Waals surface area contributed by atoms with Gasteiger partial charge in [-0.1, -0.05) is 0 Å². The molecule has 144 valence electrons. The van der Waals surface area contributed by atoms with Crippen molar-refractivity contribution in [2.75, 3.05) is 0 Å². The van der Waals surface area contributed by atoms with Gasteiger partial charge in [-0.15, -0.1) is 0 Å². The van der Waals surface area contributed by atoms with Gasteiger partial charge < -0.3 is 8.83 Å². The summed E-state index contributed by atoms with van der Waals surface area (Å²) in [6, 6.07) is 0. The van der Waals surface area contributed by atoms with Crippen LogP contribution in [0.5, 0.6) is 0 Å². The highest BCUT2D eigenvalue weighted by Gasteiger charge is 2.35. The molecule has 2 aromatic heterocycles. The van der Waals surface area contributed by atoms with Crippen LogP contribution < -0.4 is 0 Å². The topological polar surface area (TPSA) is 26.3 Å². The molecule has 0 N–H and O–H groups in total. The van der Waals surface area contributed by atoms with Crippen molar-refractivity contribution in [2.24, 2.45) is 0 Å². The molecule has 4 aliphatic carbocycles. The minimum atomic E-state index is 0.623. The molecule has 0 spiro atoms. The van der Waals surface area contributed by atoms with Crippen LogP contribution in [0.4, 0.5) is 0 Å². The minimum Gasteiger partial charge on any atom is -0.465 e. The van der Waals surface area contributed by atoms with E-state index in [4.69, 9.17) is 8.83 Å². The number of aryl methyl sites for hydroxylation is 2. The second-order valence-electron chi connectivity index (χ2n) is 9.52. The Morgan fingerprint density at radius 1 is 0.519 bits per heavy atom. The lowest BCUT2D eigenvalue weighted by atomic mass is 9.76. The summed E-state index contributed by atoms with van der Waals surface area (Å²) in [6.45, 7) is 0. The Morgan fingerprint density at radius 2 is 0.963 bits per heavy atom. The van der Waals surface area contributed by atoms with Crippen LogP contribution in [-0.2, 0) is 38.5 Å². The molecule has 2 aromatic rings. The van der Waals surface area contributed by atoms with Crippen LogP contribution in [0.2, 0.25) is 0 Å². The van der Waals surface area contributed by atoms with Crippen LogP contribution in [0.15, 0.2) is 8.83 Å². The molecule has 0 bridgehead atoms. The summed E-state index contributed by atoms with van der Waals surface area (Å²) in [4.78, 5) is 0. The van der Waals surface area contributed by atoms with E-state index in [0.29, 0.717) is 11.8 Å². The fourth-order valence-corrected chi connectivity index (χ4v) is 6.62. The van der Waals surface area contributed by atoms with Gasteiger partial charge in [0, 0.05) is 24.7 Å². The van der Waals surface area contributed by atoms with E-state index in [1.54, 1.807) is 22.3 Å². The van der Waals surface area contributed by atoms with Crippen molar-refractivity contribution in [3.8, 4) is 0 Å². The quantitative estimate of drug-likeness (QED) is 0.603. The maximum absolute atomic E-state index is 6.52. The van der Waals surface area contributed by atoms with Crippen molar-refractivity contribution < 1.29 is 8.83 Å². The Labute approximate surface area is 162 Å². The molecule has 2 heteroatoms. The van der Waals surface area contributed by atoms with E-state index in [2.05, 4.69) is 0 Å². The van der Waals surface area contributed by atoms with E-state index in [1.807, 2.05) is 0 Å². The van der Waals surface area contributed by atoms with Crippen LogP contribution in [0, 0.1) is 0 Å². The van der Waals surface area contributed by atoms with E-state index >= 15 is 0 Å². The maximum Gasteiger partial charge on any atom is 0.110 e. The van der Waals surface area contributed by atoms with Crippen LogP contribution in [0.25, 0.3) is 0 Å². The molecule has 2 nitrogen and oxygen atoms in total. The zero-order chi connectivity index (χ0) is 17.8. The fourth-order valence-electron chi connectivity index (χ4n) is 6.62. The Morgan fingerprint density at radius 3 is 1.48 bits per heavy atom. The van der Waals surface area contributed by atoms with Gasteiger partial charge in [-0.2, -0.15) is 0 Å². The van der Waals surface area contributed by atoms with Crippen molar-refractivity contribution in [1.82, 2.24) is 0 Å². The molecule has 0 aromatic carbocycles. The summed E-state index contributed by atoms with van der Waals surface area (Å²) in [5.74, 6) is 6.70. The van der Waals surface area contributed by atoms with Gasteiger partial charge >= 0.3 is 0 Å². The molecule has 27 heavy (non-hydrogen) atoms. The lowest BCUT2D eigenvalue weighted by molar-refractivity contribution is 0.323. The van der Waals surface area contributed by atoms with E-state index in [0.717, 1.165) is 0 Å². The minimum absolute atomic E-state index is 0.623. The lowest BCUT2D eigenvalue weighted by Crippen LogP contribution is -2.16. The van der Waals surface area contributed by atoms with Crippen molar-refractivity contribution >= 4 is 0 Å². The Balaban J connectivity index is 1.31. The molecular weight excluding hydrogens is 332 g/mol. The second kappa shape index (κ2) is 6.57. The molecular formula is C25H32O2. The first-order valence-electron chi connectivity index (χ1n) is 11.6. The van der Waals surface area contributed by atoms with Crippen molar-refractivity contribution in [1.29, 1.82) is 0 Å². The van der Waals surface area contributed by atoms with Gasteiger partial charge in [-0.05, 0) is 106 Å². The molecule has 0 amide bonds. The Kier molecular flexibility index (Phi) is 4.02. The largest absolute Gasteiger partial charge is 0.465 e. The Bertz CT molecular complexity index is 782. The van der Waals surface area contributed by atoms with Gasteiger partial charge in [-0.3, -0.25) is 0 Å². The number of hydrogen-bond donors (Lipinski definition) is 0. The third-order valence-corrected chi connectivity index (χ3v) is 7.89. The second-order valence-corrected chi connectivity index (χ2v) is 9.52. The first-order valence-corrected chi connectivity index (χ1v) is 11.6. The zero-order valence-corrected chi connectivity index (χ0v) is 16.6. The van der Waals surface area contributed by atoms with Crippen LogP contribution >= 0.6 is 0 Å². The first kappa shape index (κ1) is 16.5. The molecule has 0 saturated carbocycles. The molecule has 0 radical (unpaired) electrons. The molecule has 6 rings (SSSR count). The van der Waals surface area contributed by atoms with Gasteiger partial charge in [-0.25, -0.2) is 0 Å². The summed E-state index contributed by atoms with van der Waals surface area (Å²) >= 11 is 0. The number of rotatable bonds is 2. The average molecular weight is 365 g/mol. The van der Waals surface area contributed by atoms with E-state index in [9.17, 15) is 0 Å². The summed E-state index contributed by atoms with van der Waals surface area (Å²) < 4.78 is 13.0. The molecule has 0 saturated heterocycles. The normalized spacial score (nSPS) is 26.8. The predicted molar refractivity (Wildman–Crippen MR) is 107 cm³/mol. The fraction of sp³-hybridized carbons (Fsp3) is 0.680. The number of fused-ring (bicyclic) bond motifs is 6. The smallest absolute Gasteiger partial charge is 0.110 e. The van der Waals surface area contributed by atoms with Crippen molar-refractivity contribution in [3.63, 3.8) is 0 Å². The van der Waals surface area contributed by atoms with Gasteiger partial charge in [0.05, 0.1) is 0 Å². The van der Waals surface area contributed by atoms with Crippen molar-refractivity contribution in [2.45, 2.75) is 108 Å². The SMILES string of the molecule is C1CCc2c(oc3c2CCCC3CC2CCCc3c2oc2c3CCCC2)C1. The molecule has 0 aliphatic heterocycles. The van der Waals surface area contributed by atoms with E-state index < -0.39 is 0 Å². The molecule has 2 atom stereocenters. The van der Waals surface area contributed by atoms with Gasteiger partial charge in [0.25, 0.3) is 0 Å². The predicted octanol–water partition coefficient (Wildman–Crippen LogP) is 6.56. The van der Waals surface area contributed by atoms with Gasteiger partial charge in [0.2, 0.25) is 0 Å². The third kappa shape index (κ3) is 2.66. The van der Waals surface area contributed by atoms with E-state index in [1.165, 1.54) is 119 Å². The van der Waals surface area contributed by atoms with Crippen LogP contribution in [0.1, 0.15) is 115 Å². The summed E-state index contributed by atoms with van der Waals surface area (Å²) in [6.07, 6.45) is 19.3. The van der Waals surface area contributed by atoms with Crippen LogP contribution in [-0.4, -0.2) is 0 Å². The van der Waals surface area contributed by atoms with Gasteiger partial charge in [0.1, 0.15) is 23.0 Å². The highest BCUT2D eigenvalue weighted by Crippen LogP contribution is 2.47.